The average Bonchev–Trinajstić information content (AvgIpc) is 2.73. The van der Waals surface area contributed by atoms with Gasteiger partial charge in [0.1, 0.15) is 17.2 Å². The van der Waals surface area contributed by atoms with Gasteiger partial charge < -0.3 is 14.2 Å². The molecule has 31 heavy (non-hydrogen) atoms. The number of hydrogen-bond donors (Lipinski definition) is 0. The molecule has 162 valence electrons. The van der Waals surface area contributed by atoms with Gasteiger partial charge in [0.25, 0.3) is 0 Å². The van der Waals surface area contributed by atoms with Crippen molar-refractivity contribution in [1.29, 1.82) is 0 Å². The van der Waals surface area contributed by atoms with Crippen LogP contribution in [0.1, 0.15) is 29.9 Å². The maximum Gasteiger partial charge on any atom is 0.395 e. The van der Waals surface area contributed by atoms with Crippen LogP contribution in [0.4, 0.5) is 17.6 Å². The van der Waals surface area contributed by atoms with Crippen LogP contribution in [0.15, 0.2) is 66.7 Å². The van der Waals surface area contributed by atoms with Gasteiger partial charge in [-0.3, -0.25) is 0 Å². The molecule has 1 heterocycles. The summed E-state index contributed by atoms with van der Waals surface area (Å²) in [6, 6.07) is 17.5. The summed E-state index contributed by atoms with van der Waals surface area (Å²) in [6.45, 7) is -0.00389. The second kappa shape index (κ2) is 8.88. The summed E-state index contributed by atoms with van der Waals surface area (Å²) in [5.74, 6) is -0.901. The molecule has 1 aliphatic heterocycles. The quantitative estimate of drug-likeness (QED) is 0.376. The normalized spacial score (nSPS) is 13.8. The summed E-state index contributed by atoms with van der Waals surface area (Å²) in [5, 5.41) is 0. The molecule has 2 bridgehead atoms. The second-order valence-electron chi connectivity index (χ2n) is 7.31. The first kappa shape index (κ1) is 21.0. The standard InChI is InChI=1S/C24H20F4O3/c25-22-10-9-16(11-23(22)31-18-6-2-1-3-7-18)5-4-8-21(24(26,27)28)17-12-19-14-20(13-17)30-15-29-19/h1-3,6-7,9-14,21H,4-5,8,15H2. The topological polar surface area (TPSA) is 27.7 Å². The maximum atomic E-state index is 14.1. The third kappa shape index (κ3) is 5.29. The summed E-state index contributed by atoms with van der Waals surface area (Å²) in [4.78, 5) is 0. The van der Waals surface area contributed by atoms with Crippen molar-refractivity contribution in [3.8, 4) is 23.0 Å². The van der Waals surface area contributed by atoms with Crippen LogP contribution in [0.5, 0.6) is 23.0 Å². The van der Waals surface area contributed by atoms with E-state index in [0.717, 1.165) is 0 Å². The van der Waals surface area contributed by atoms with Crippen molar-refractivity contribution < 1.29 is 31.8 Å². The van der Waals surface area contributed by atoms with Crippen LogP contribution < -0.4 is 14.2 Å². The number of aryl methyl sites for hydroxylation is 1. The van der Waals surface area contributed by atoms with Gasteiger partial charge in [0.15, 0.2) is 11.6 Å². The van der Waals surface area contributed by atoms with Crippen molar-refractivity contribution in [1.82, 2.24) is 0 Å². The summed E-state index contributed by atoms with van der Waals surface area (Å²) >= 11 is 0. The minimum absolute atomic E-state index is 0.00389. The lowest BCUT2D eigenvalue weighted by molar-refractivity contribution is -0.152. The molecule has 1 aliphatic rings. The molecule has 3 aromatic rings. The van der Waals surface area contributed by atoms with E-state index in [9.17, 15) is 17.6 Å². The summed E-state index contributed by atoms with van der Waals surface area (Å²) < 4.78 is 71.2. The third-order valence-electron chi connectivity index (χ3n) is 5.08. The first-order valence-corrected chi connectivity index (χ1v) is 9.87. The number of hydrogen-bond acceptors (Lipinski definition) is 3. The SMILES string of the molecule is Fc1ccc(CCCC(c2cc3cc(c2)OCO3)C(F)(F)F)cc1Oc1ccccc1. The van der Waals surface area contributed by atoms with Crippen molar-refractivity contribution in [3.05, 3.63) is 83.7 Å². The van der Waals surface area contributed by atoms with Crippen molar-refractivity contribution in [2.45, 2.75) is 31.4 Å². The van der Waals surface area contributed by atoms with Gasteiger partial charge in [0.05, 0.1) is 5.92 Å². The Morgan fingerprint density at radius 3 is 2.29 bits per heavy atom. The van der Waals surface area contributed by atoms with E-state index < -0.39 is 17.9 Å². The van der Waals surface area contributed by atoms with E-state index in [4.69, 9.17) is 14.2 Å². The highest BCUT2D eigenvalue weighted by atomic mass is 19.4. The van der Waals surface area contributed by atoms with Crippen molar-refractivity contribution in [2.75, 3.05) is 6.79 Å². The van der Waals surface area contributed by atoms with Crippen LogP contribution >= 0.6 is 0 Å². The molecule has 4 rings (SSSR count). The zero-order valence-corrected chi connectivity index (χ0v) is 16.5. The van der Waals surface area contributed by atoms with Crippen LogP contribution in [0.3, 0.4) is 0 Å². The Bertz CT molecular complexity index is 1010. The molecule has 0 saturated heterocycles. The first-order valence-electron chi connectivity index (χ1n) is 9.87. The molecular weight excluding hydrogens is 412 g/mol. The molecule has 0 radical (unpaired) electrons. The monoisotopic (exact) mass is 432 g/mol. The van der Waals surface area contributed by atoms with E-state index in [1.165, 1.54) is 24.3 Å². The van der Waals surface area contributed by atoms with Gasteiger partial charge in [-0.1, -0.05) is 24.3 Å². The Kier molecular flexibility index (Phi) is 6.02. The van der Waals surface area contributed by atoms with Gasteiger partial charge in [-0.15, -0.1) is 0 Å². The van der Waals surface area contributed by atoms with Crippen molar-refractivity contribution in [2.24, 2.45) is 0 Å². The molecule has 0 N–H and O–H groups in total. The van der Waals surface area contributed by atoms with E-state index in [1.54, 1.807) is 36.4 Å². The molecule has 0 saturated carbocycles. The minimum Gasteiger partial charge on any atom is -0.457 e. The van der Waals surface area contributed by atoms with Gasteiger partial charge in [-0.05, 0) is 66.8 Å². The molecule has 7 heteroatoms. The predicted molar refractivity (Wildman–Crippen MR) is 107 cm³/mol. The molecule has 3 aromatic carbocycles. The zero-order valence-electron chi connectivity index (χ0n) is 16.5. The maximum absolute atomic E-state index is 14.1. The number of ether oxygens (including phenoxy) is 3. The van der Waals surface area contributed by atoms with Crippen LogP contribution in [-0.2, 0) is 6.42 Å². The van der Waals surface area contributed by atoms with Gasteiger partial charge >= 0.3 is 6.18 Å². The number of fused-ring (bicyclic) bond motifs is 2. The summed E-state index contributed by atoms with van der Waals surface area (Å²) in [6.07, 6.45) is -3.89. The number of para-hydroxylation sites is 1. The van der Waals surface area contributed by atoms with Gasteiger partial charge in [0, 0.05) is 6.07 Å². The Morgan fingerprint density at radius 2 is 1.61 bits per heavy atom. The smallest absolute Gasteiger partial charge is 0.395 e. The fourth-order valence-electron chi connectivity index (χ4n) is 3.55. The van der Waals surface area contributed by atoms with E-state index in [2.05, 4.69) is 0 Å². The molecule has 0 aliphatic carbocycles. The molecule has 1 atom stereocenters. The lowest BCUT2D eigenvalue weighted by Gasteiger charge is -2.24. The number of benzene rings is 3. The predicted octanol–water partition coefficient (Wildman–Crippen LogP) is 7.02. The van der Waals surface area contributed by atoms with Gasteiger partial charge in [-0.25, -0.2) is 4.39 Å². The largest absolute Gasteiger partial charge is 0.457 e. The molecule has 0 fully saturated rings. The molecule has 0 aromatic heterocycles. The summed E-state index contributed by atoms with van der Waals surface area (Å²) in [7, 11) is 0. The fourth-order valence-corrected chi connectivity index (χ4v) is 3.55. The lowest BCUT2D eigenvalue weighted by atomic mass is 9.91. The first-order chi connectivity index (χ1) is 14.9. The van der Waals surface area contributed by atoms with Crippen molar-refractivity contribution >= 4 is 0 Å². The van der Waals surface area contributed by atoms with Gasteiger partial charge in [-0.2, -0.15) is 13.2 Å². The number of halogens is 4. The van der Waals surface area contributed by atoms with Crippen LogP contribution in [0.2, 0.25) is 0 Å². The second-order valence-corrected chi connectivity index (χ2v) is 7.31. The number of alkyl halides is 3. The Hall–Kier alpha value is -3.22. The number of rotatable bonds is 7. The van der Waals surface area contributed by atoms with Crippen LogP contribution in [0.25, 0.3) is 0 Å². The van der Waals surface area contributed by atoms with Crippen LogP contribution in [0, 0.1) is 5.82 Å². The molecular formula is C24H20F4O3. The van der Waals surface area contributed by atoms with E-state index in [0.29, 0.717) is 29.2 Å². The van der Waals surface area contributed by atoms with E-state index in [1.807, 2.05) is 6.07 Å². The minimum atomic E-state index is -4.40. The Labute approximate surface area is 177 Å². The highest BCUT2D eigenvalue weighted by Gasteiger charge is 2.40. The highest BCUT2D eigenvalue weighted by molar-refractivity contribution is 5.41. The Balaban J connectivity index is 1.44. The van der Waals surface area contributed by atoms with E-state index in [-0.39, 0.29) is 30.9 Å². The fraction of sp³-hybridized carbons (Fsp3) is 0.250. The van der Waals surface area contributed by atoms with Crippen LogP contribution in [-0.4, -0.2) is 13.0 Å². The highest BCUT2D eigenvalue weighted by Crippen LogP contribution is 2.42. The van der Waals surface area contributed by atoms with E-state index >= 15 is 0 Å². The molecule has 0 amide bonds. The lowest BCUT2D eigenvalue weighted by Crippen LogP contribution is -2.22. The third-order valence-corrected chi connectivity index (χ3v) is 5.08. The van der Waals surface area contributed by atoms with Gasteiger partial charge in [0.2, 0.25) is 6.79 Å². The zero-order chi connectivity index (χ0) is 21.8. The molecule has 1 unspecified atom stereocenters. The Morgan fingerprint density at radius 1 is 0.903 bits per heavy atom. The summed E-state index contributed by atoms with van der Waals surface area (Å²) in [5.41, 5.74) is 0.822. The molecule has 0 spiro atoms. The molecule has 3 nitrogen and oxygen atoms in total. The van der Waals surface area contributed by atoms with Crippen molar-refractivity contribution in [3.63, 3.8) is 0 Å². The average molecular weight is 432 g/mol.